The molecule has 0 unspecified atom stereocenters. The molecule has 5 heteroatoms. The third-order valence-electron chi connectivity index (χ3n) is 5.78. The van der Waals surface area contributed by atoms with Crippen molar-refractivity contribution in [3.8, 4) is 0 Å². The average molecular weight is 357 g/mol. The fraction of sp³-hybridized carbons (Fsp3) is 0.227. The second-order valence-corrected chi connectivity index (χ2v) is 8.35. The second-order valence-electron chi connectivity index (χ2n) is 8.35. The van der Waals surface area contributed by atoms with E-state index in [1.165, 1.54) is 12.1 Å². The van der Waals surface area contributed by atoms with Crippen molar-refractivity contribution >= 4 is 44.0 Å². The summed E-state index contributed by atoms with van der Waals surface area (Å²) in [6, 6.07) is 8.66. The summed E-state index contributed by atoms with van der Waals surface area (Å²) in [6.07, 6.45) is 2.96. The van der Waals surface area contributed by atoms with Gasteiger partial charge in [-0.25, -0.2) is 9.37 Å². The van der Waals surface area contributed by atoms with Crippen molar-refractivity contribution in [2.75, 3.05) is 0 Å². The Morgan fingerprint density at radius 3 is 2.74 bits per heavy atom. The third kappa shape index (κ3) is 1.84. The van der Waals surface area contributed by atoms with Crippen LogP contribution in [0.3, 0.4) is 0 Å². The van der Waals surface area contributed by atoms with Gasteiger partial charge in [0.05, 0.1) is 27.8 Å². The highest BCUT2D eigenvalue weighted by molar-refractivity contribution is 6.28. The van der Waals surface area contributed by atoms with Crippen LogP contribution < -0.4 is 0 Å². The molecule has 1 aliphatic rings. The van der Waals surface area contributed by atoms with Gasteiger partial charge in [-0.05, 0) is 42.2 Å². The molecule has 0 N–H and O–H groups in total. The molecule has 0 bridgehead atoms. The monoisotopic (exact) mass is 357 g/mol. The quantitative estimate of drug-likeness (QED) is 0.292. The molecular weight excluding hydrogens is 341 g/mol. The van der Waals surface area contributed by atoms with E-state index >= 15 is 0 Å². The van der Waals surface area contributed by atoms with Gasteiger partial charge in [-0.15, -0.1) is 0 Å². The molecule has 5 aromatic rings. The molecule has 4 nitrogen and oxygen atoms in total. The van der Waals surface area contributed by atoms with Crippen LogP contribution in [0.25, 0.3) is 38.2 Å². The van der Waals surface area contributed by atoms with Gasteiger partial charge in [0.1, 0.15) is 12.1 Å². The van der Waals surface area contributed by atoms with Crippen molar-refractivity contribution in [3.63, 3.8) is 0 Å². The van der Waals surface area contributed by atoms with Crippen LogP contribution in [0.5, 0.6) is 0 Å². The number of Topliss-reactive ketones (excluding diaryl/α,β-unsaturated/α-hetero) is 1. The molecule has 1 aliphatic carbocycles. The predicted octanol–water partition coefficient (Wildman–Crippen LogP) is 4.92. The Labute approximate surface area is 154 Å². The average Bonchev–Trinajstić information content (AvgIpc) is 3.03. The highest BCUT2D eigenvalue weighted by Gasteiger charge is 2.34. The number of imidazole rings is 1. The maximum Gasteiger partial charge on any atom is 0.165 e. The minimum absolute atomic E-state index is 0.107. The van der Waals surface area contributed by atoms with E-state index in [2.05, 4.69) is 18.8 Å². The van der Waals surface area contributed by atoms with E-state index in [4.69, 9.17) is 4.98 Å². The Balaban J connectivity index is 1.96. The molecule has 0 saturated carbocycles. The van der Waals surface area contributed by atoms with Gasteiger partial charge in [0.15, 0.2) is 5.78 Å². The lowest BCUT2D eigenvalue weighted by atomic mass is 9.74. The second kappa shape index (κ2) is 4.60. The SMILES string of the molecule is CC1(C)CC(=O)c2c(nc3ccc4ncn5c6cc(F)ccc6c2c3c45)C1. The van der Waals surface area contributed by atoms with Crippen LogP contribution in [0.1, 0.15) is 36.3 Å². The van der Waals surface area contributed by atoms with Crippen molar-refractivity contribution in [2.45, 2.75) is 26.7 Å². The zero-order valence-electron chi connectivity index (χ0n) is 15.0. The van der Waals surface area contributed by atoms with Crippen molar-refractivity contribution < 1.29 is 9.18 Å². The predicted molar refractivity (Wildman–Crippen MR) is 103 cm³/mol. The smallest absolute Gasteiger partial charge is 0.165 e. The molecule has 3 aromatic heterocycles. The van der Waals surface area contributed by atoms with Crippen molar-refractivity contribution in [1.82, 2.24) is 14.4 Å². The van der Waals surface area contributed by atoms with Gasteiger partial charge in [0.2, 0.25) is 0 Å². The maximum absolute atomic E-state index is 14.1. The third-order valence-corrected chi connectivity index (χ3v) is 5.78. The first-order chi connectivity index (χ1) is 12.9. The molecule has 0 spiro atoms. The van der Waals surface area contributed by atoms with Gasteiger partial charge in [-0.2, -0.15) is 0 Å². The standard InChI is InChI=1S/C22H16FN3O/c1-22(2)8-15-19(17(27)9-22)18-12-4-3-11(23)7-16(12)26-10-24-14-6-5-13(25-15)20(18)21(14)26/h3-7,10H,8-9H2,1-2H3. The number of carbonyl (C=O) groups excluding carboxylic acids is 1. The number of hydrogen-bond donors (Lipinski definition) is 0. The summed E-state index contributed by atoms with van der Waals surface area (Å²) in [5.41, 5.74) is 4.75. The largest absolute Gasteiger partial charge is 0.297 e. The Kier molecular flexibility index (Phi) is 2.56. The summed E-state index contributed by atoms with van der Waals surface area (Å²) >= 11 is 0. The zero-order valence-corrected chi connectivity index (χ0v) is 15.0. The molecule has 3 heterocycles. The van der Waals surface area contributed by atoms with Gasteiger partial charge in [0.25, 0.3) is 0 Å². The summed E-state index contributed by atoms with van der Waals surface area (Å²) in [5, 5.41) is 2.70. The highest BCUT2D eigenvalue weighted by Crippen LogP contribution is 2.43. The number of rotatable bonds is 0. The number of pyridine rings is 2. The Hall–Kier alpha value is -3.08. The number of nitrogens with zero attached hydrogens (tertiary/aromatic N) is 3. The summed E-state index contributed by atoms with van der Waals surface area (Å²) in [7, 11) is 0. The summed E-state index contributed by atoms with van der Waals surface area (Å²) < 4.78 is 16.0. The zero-order chi connectivity index (χ0) is 18.5. The van der Waals surface area contributed by atoms with E-state index in [0.29, 0.717) is 12.0 Å². The number of carbonyl (C=O) groups is 1. The van der Waals surface area contributed by atoms with E-state index in [-0.39, 0.29) is 17.0 Å². The van der Waals surface area contributed by atoms with Crippen LogP contribution in [0.4, 0.5) is 4.39 Å². The lowest BCUT2D eigenvalue weighted by Gasteiger charge is -2.30. The van der Waals surface area contributed by atoms with Crippen LogP contribution >= 0.6 is 0 Å². The van der Waals surface area contributed by atoms with Crippen LogP contribution in [0.15, 0.2) is 36.7 Å². The lowest BCUT2D eigenvalue weighted by Crippen LogP contribution is -2.28. The fourth-order valence-corrected chi connectivity index (χ4v) is 4.74. The molecule has 132 valence electrons. The van der Waals surface area contributed by atoms with Gasteiger partial charge in [-0.3, -0.25) is 14.2 Å². The molecule has 0 atom stereocenters. The van der Waals surface area contributed by atoms with Crippen LogP contribution in [0, 0.1) is 11.2 Å². The molecule has 0 fully saturated rings. The van der Waals surface area contributed by atoms with E-state index in [9.17, 15) is 9.18 Å². The van der Waals surface area contributed by atoms with Crippen molar-refractivity contribution in [1.29, 1.82) is 0 Å². The van der Waals surface area contributed by atoms with Crippen LogP contribution in [-0.4, -0.2) is 20.2 Å². The number of benzene rings is 2. The molecule has 2 aromatic carbocycles. The Morgan fingerprint density at radius 1 is 1.07 bits per heavy atom. The van der Waals surface area contributed by atoms with E-state index < -0.39 is 0 Å². The number of aromatic nitrogens is 3. The van der Waals surface area contributed by atoms with E-state index in [0.717, 1.165) is 50.3 Å². The summed E-state index contributed by atoms with van der Waals surface area (Å²) in [5.74, 6) is -0.187. The van der Waals surface area contributed by atoms with Crippen molar-refractivity contribution in [2.24, 2.45) is 5.41 Å². The van der Waals surface area contributed by atoms with Gasteiger partial charge in [0, 0.05) is 28.1 Å². The molecule has 6 rings (SSSR count). The summed E-state index contributed by atoms with van der Waals surface area (Å²) in [4.78, 5) is 22.5. The Bertz CT molecular complexity index is 1430. The first-order valence-corrected chi connectivity index (χ1v) is 9.09. The van der Waals surface area contributed by atoms with Crippen molar-refractivity contribution in [3.05, 3.63) is 53.7 Å². The maximum atomic E-state index is 14.1. The van der Waals surface area contributed by atoms with Gasteiger partial charge in [-0.1, -0.05) is 13.8 Å². The number of ketones is 1. The molecule has 0 saturated heterocycles. The molecule has 27 heavy (non-hydrogen) atoms. The summed E-state index contributed by atoms with van der Waals surface area (Å²) in [6.45, 7) is 4.21. The lowest BCUT2D eigenvalue weighted by molar-refractivity contribution is 0.0912. The Morgan fingerprint density at radius 2 is 1.89 bits per heavy atom. The first-order valence-electron chi connectivity index (χ1n) is 9.09. The molecule has 0 amide bonds. The normalized spacial score (nSPS) is 16.8. The minimum Gasteiger partial charge on any atom is -0.297 e. The fourth-order valence-electron chi connectivity index (χ4n) is 4.74. The number of fused-ring (bicyclic) bond motifs is 5. The van der Waals surface area contributed by atoms with E-state index in [1.807, 2.05) is 16.5 Å². The van der Waals surface area contributed by atoms with E-state index in [1.54, 1.807) is 12.4 Å². The molecule has 0 aliphatic heterocycles. The van der Waals surface area contributed by atoms with Gasteiger partial charge < -0.3 is 0 Å². The van der Waals surface area contributed by atoms with Crippen LogP contribution in [0.2, 0.25) is 0 Å². The van der Waals surface area contributed by atoms with Crippen LogP contribution in [-0.2, 0) is 6.42 Å². The first kappa shape index (κ1) is 15.0. The van der Waals surface area contributed by atoms with Gasteiger partial charge >= 0.3 is 0 Å². The number of hydrogen-bond acceptors (Lipinski definition) is 3. The number of halogens is 1. The molecule has 0 radical (unpaired) electrons. The highest BCUT2D eigenvalue weighted by atomic mass is 19.1. The minimum atomic E-state index is -0.304. The molecular formula is C22H16FN3O. The topological polar surface area (TPSA) is 47.3 Å².